The Hall–Kier alpha value is -4.72. The van der Waals surface area contributed by atoms with Crippen LogP contribution in [0.1, 0.15) is 21.9 Å². The molecule has 0 fully saturated rings. The number of halogens is 1. The van der Waals surface area contributed by atoms with Crippen molar-refractivity contribution in [2.45, 2.75) is 13.3 Å². The fraction of sp³-hybridized carbons (Fsp3) is 0.107. The minimum Gasteiger partial charge on any atom is -0.330 e. The lowest BCUT2D eigenvalue weighted by Crippen LogP contribution is -2.04. The molecule has 0 spiro atoms. The summed E-state index contributed by atoms with van der Waals surface area (Å²) < 4.78 is 17.1. The summed E-state index contributed by atoms with van der Waals surface area (Å²) in [7, 11) is 1.92. The van der Waals surface area contributed by atoms with E-state index in [9.17, 15) is 9.18 Å². The third kappa shape index (κ3) is 3.73. The van der Waals surface area contributed by atoms with E-state index in [0.717, 1.165) is 33.5 Å². The van der Waals surface area contributed by atoms with E-state index in [1.165, 1.54) is 12.1 Å². The van der Waals surface area contributed by atoms with Crippen LogP contribution in [0, 0.1) is 12.7 Å². The molecule has 0 bridgehead atoms. The van der Waals surface area contributed by atoms with Crippen molar-refractivity contribution >= 4 is 22.2 Å². The molecule has 0 saturated heterocycles. The lowest BCUT2D eigenvalue weighted by atomic mass is 10.0. The van der Waals surface area contributed by atoms with Crippen LogP contribution in [0.2, 0.25) is 0 Å². The zero-order valence-electron chi connectivity index (χ0n) is 19.7. The second-order valence-electron chi connectivity index (χ2n) is 8.68. The van der Waals surface area contributed by atoms with Gasteiger partial charge in [0.2, 0.25) is 0 Å². The monoisotopic (exact) mass is 476 g/mol. The van der Waals surface area contributed by atoms with Gasteiger partial charge in [0.05, 0.1) is 29.7 Å². The Morgan fingerprint density at radius 3 is 2.67 bits per heavy atom. The third-order valence-electron chi connectivity index (χ3n) is 6.37. The SMILES string of the molecule is Cc1nc(-c2ccc(F)cc2)c(-c2ccc3nc(CC(=O)c4cccc5ccncc45)cn3n2)n1C. The third-order valence-corrected chi connectivity index (χ3v) is 6.37. The maximum Gasteiger partial charge on any atom is 0.169 e. The van der Waals surface area contributed by atoms with E-state index in [-0.39, 0.29) is 18.0 Å². The standard InChI is InChI=1S/C28H21FN6O/c1-17-31-27(19-6-8-20(29)9-7-19)28(34(17)2)24-10-11-26-32-21(16-35(26)33-24)14-25(36)22-5-3-4-18-12-13-30-15-23(18)22/h3-13,15-16H,14H2,1-2H3. The van der Waals surface area contributed by atoms with Gasteiger partial charge in [-0.15, -0.1) is 0 Å². The number of imidazole rings is 2. The summed E-state index contributed by atoms with van der Waals surface area (Å²) in [5.41, 5.74) is 4.94. The van der Waals surface area contributed by atoms with Crippen molar-refractivity contribution in [1.29, 1.82) is 0 Å². The van der Waals surface area contributed by atoms with Crippen molar-refractivity contribution < 1.29 is 9.18 Å². The van der Waals surface area contributed by atoms with Crippen molar-refractivity contribution in [3.05, 3.63) is 102 Å². The Balaban J connectivity index is 1.36. The second kappa shape index (κ2) is 8.49. The van der Waals surface area contributed by atoms with Crippen molar-refractivity contribution in [3.8, 4) is 22.6 Å². The van der Waals surface area contributed by atoms with Gasteiger partial charge in [0.1, 0.15) is 17.3 Å². The van der Waals surface area contributed by atoms with Gasteiger partial charge in [-0.05, 0) is 54.8 Å². The van der Waals surface area contributed by atoms with Gasteiger partial charge in [0.15, 0.2) is 11.4 Å². The molecule has 176 valence electrons. The smallest absolute Gasteiger partial charge is 0.169 e. The molecule has 0 unspecified atom stereocenters. The van der Waals surface area contributed by atoms with Crippen molar-refractivity contribution in [1.82, 2.24) is 29.1 Å². The predicted molar refractivity (Wildman–Crippen MR) is 135 cm³/mol. The number of hydrogen-bond donors (Lipinski definition) is 0. The van der Waals surface area contributed by atoms with Crippen LogP contribution in [0.5, 0.6) is 0 Å². The fourth-order valence-corrected chi connectivity index (χ4v) is 4.47. The number of aromatic nitrogens is 6. The highest BCUT2D eigenvalue weighted by atomic mass is 19.1. The number of aryl methyl sites for hydroxylation is 1. The minimum absolute atomic E-state index is 0.0296. The molecule has 0 atom stereocenters. The van der Waals surface area contributed by atoms with Gasteiger partial charge in [0, 0.05) is 36.0 Å². The van der Waals surface area contributed by atoms with Crippen LogP contribution >= 0.6 is 0 Å². The first-order chi connectivity index (χ1) is 17.5. The topological polar surface area (TPSA) is 78.0 Å². The van der Waals surface area contributed by atoms with Gasteiger partial charge in [-0.25, -0.2) is 18.9 Å². The quantitative estimate of drug-likeness (QED) is 0.319. The Morgan fingerprint density at radius 2 is 1.83 bits per heavy atom. The molecule has 0 saturated carbocycles. The van der Waals surface area contributed by atoms with E-state index in [1.54, 1.807) is 35.2 Å². The Bertz CT molecular complexity index is 1760. The van der Waals surface area contributed by atoms with E-state index in [4.69, 9.17) is 10.1 Å². The average Bonchev–Trinajstić information content (AvgIpc) is 3.43. The van der Waals surface area contributed by atoms with Crippen LogP contribution in [-0.2, 0) is 13.5 Å². The molecule has 4 aromatic heterocycles. The van der Waals surface area contributed by atoms with Crippen LogP contribution in [0.25, 0.3) is 39.1 Å². The van der Waals surface area contributed by atoms with Gasteiger partial charge in [-0.2, -0.15) is 5.10 Å². The van der Waals surface area contributed by atoms with Crippen LogP contribution in [0.4, 0.5) is 4.39 Å². The zero-order valence-corrected chi connectivity index (χ0v) is 19.7. The number of rotatable bonds is 5. The maximum absolute atomic E-state index is 13.5. The number of pyridine rings is 1. The first-order valence-corrected chi connectivity index (χ1v) is 11.5. The van der Waals surface area contributed by atoms with Gasteiger partial charge in [0.25, 0.3) is 0 Å². The van der Waals surface area contributed by atoms with Gasteiger partial charge >= 0.3 is 0 Å². The molecule has 8 heteroatoms. The number of carbonyl (C=O) groups is 1. The summed E-state index contributed by atoms with van der Waals surface area (Å²) in [5.74, 6) is 0.485. The molecule has 0 radical (unpaired) electrons. The van der Waals surface area contributed by atoms with Crippen LogP contribution in [0.15, 0.2) is 79.3 Å². The van der Waals surface area contributed by atoms with E-state index < -0.39 is 0 Å². The van der Waals surface area contributed by atoms with Gasteiger partial charge < -0.3 is 4.57 Å². The summed E-state index contributed by atoms with van der Waals surface area (Å²) in [5, 5.41) is 6.57. The number of nitrogens with zero attached hydrogens (tertiary/aromatic N) is 6. The highest BCUT2D eigenvalue weighted by Gasteiger charge is 2.19. The number of ketones is 1. The van der Waals surface area contributed by atoms with Gasteiger partial charge in [-0.3, -0.25) is 9.78 Å². The summed E-state index contributed by atoms with van der Waals surface area (Å²) in [4.78, 5) is 26.6. The molecule has 4 heterocycles. The molecule has 6 aromatic rings. The average molecular weight is 477 g/mol. The molecule has 0 amide bonds. The van der Waals surface area contributed by atoms with Crippen LogP contribution < -0.4 is 0 Å². The first-order valence-electron chi connectivity index (χ1n) is 11.5. The zero-order chi connectivity index (χ0) is 24.8. The molecular formula is C28H21FN6O. The Morgan fingerprint density at radius 1 is 1.00 bits per heavy atom. The molecule has 0 aliphatic carbocycles. The fourth-order valence-electron chi connectivity index (χ4n) is 4.47. The summed E-state index contributed by atoms with van der Waals surface area (Å²) in [6, 6.07) is 17.6. The normalized spacial score (nSPS) is 11.4. The second-order valence-corrected chi connectivity index (χ2v) is 8.68. The lowest BCUT2D eigenvalue weighted by Gasteiger charge is -2.07. The number of hydrogen-bond acceptors (Lipinski definition) is 5. The molecule has 7 nitrogen and oxygen atoms in total. The van der Waals surface area contributed by atoms with E-state index >= 15 is 0 Å². The molecule has 6 rings (SSSR count). The molecule has 0 aliphatic rings. The minimum atomic E-state index is -0.298. The predicted octanol–water partition coefficient (Wildman–Crippen LogP) is 5.22. The highest BCUT2D eigenvalue weighted by Crippen LogP contribution is 2.31. The van der Waals surface area contributed by atoms with Crippen molar-refractivity contribution in [2.75, 3.05) is 0 Å². The summed E-state index contributed by atoms with van der Waals surface area (Å²) in [6.07, 6.45) is 5.36. The Labute approximate surface area is 205 Å². The van der Waals surface area contributed by atoms with Crippen molar-refractivity contribution in [3.63, 3.8) is 0 Å². The summed E-state index contributed by atoms with van der Waals surface area (Å²) in [6.45, 7) is 1.92. The molecule has 0 N–H and O–H groups in total. The number of benzene rings is 2. The highest BCUT2D eigenvalue weighted by molar-refractivity contribution is 6.08. The maximum atomic E-state index is 13.5. The molecule has 2 aromatic carbocycles. The van der Waals surface area contributed by atoms with Crippen molar-refractivity contribution in [2.24, 2.45) is 7.05 Å². The van der Waals surface area contributed by atoms with Crippen LogP contribution in [0.3, 0.4) is 0 Å². The molecule has 0 aliphatic heterocycles. The largest absolute Gasteiger partial charge is 0.330 e. The molecular weight excluding hydrogens is 455 g/mol. The number of Topliss-reactive ketones (excluding diaryl/α,β-unsaturated/α-hetero) is 1. The number of carbonyl (C=O) groups excluding carboxylic acids is 1. The van der Waals surface area contributed by atoms with Gasteiger partial charge in [-0.1, -0.05) is 18.2 Å². The molecule has 36 heavy (non-hydrogen) atoms. The lowest BCUT2D eigenvalue weighted by molar-refractivity contribution is 0.0993. The number of fused-ring (bicyclic) bond motifs is 2. The Kier molecular flexibility index (Phi) is 5.14. The summed E-state index contributed by atoms with van der Waals surface area (Å²) >= 11 is 0. The van der Waals surface area contributed by atoms with E-state index in [2.05, 4.69) is 9.97 Å². The van der Waals surface area contributed by atoms with E-state index in [0.29, 0.717) is 22.6 Å². The van der Waals surface area contributed by atoms with E-state index in [1.807, 2.05) is 54.9 Å². The first kappa shape index (κ1) is 21.8. The van der Waals surface area contributed by atoms with Crippen LogP contribution in [-0.4, -0.2) is 34.9 Å².